The lowest BCUT2D eigenvalue weighted by molar-refractivity contribution is -0.387. The van der Waals surface area contributed by atoms with Gasteiger partial charge in [-0.2, -0.15) is 0 Å². The van der Waals surface area contributed by atoms with Gasteiger partial charge in [0.1, 0.15) is 0 Å². The van der Waals surface area contributed by atoms with Crippen LogP contribution in [0.15, 0.2) is 41.3 Å². The Morgan fingerprint density at radius 2 is 1.89 bits per heavy atom. The summed E-state index contributed by atoms with van der Waals surface area (Å²) in [6.07, 6.45) is 0.778. The van der Waals surface area contributed by atoms with Crippen LogP contribution in [0.25, 0.3) is 0 Å². The lowest BCUT2D eigenvalue weighted by atomic mass is 10.2. The zero-order chi connectivity index (χ0) is 20.1. The van der Waals surface area contributed by atoms with Crippen molar-refractivity contribution in [2.75, 3.05) is 24.3 Å². The molecule has 9 nitrogen and oxygen atoms in total. The van der Waals surface area contributed by atoms with Crippen molar-refractivity contribution in [1.29, 1.82) is 0 Å². The number of amides is 2. The second kappa shape index (κ2) is 8.61. The van der Waals surface area contributed by atoms with Crippen LogP contribution in [0, 0.1) is 10.1 Å². The number of ether oxygens (including phenoxy) is 2. The highest BCUT2D eigenvalue weighted by Gasteiger charge is 2.18. The van der Waals surface area contributed by atoms with Crippen molar-refractivity contribution in [2.24, 2.45) is 5.73 Å². The Labute approximate surface area is 164 Å². The first-order valence-corrected chi connectivity index (χ1v) is 9.33. The molecule has 3 rings (SSSR count). The zero-order valence-corrected chi connectivity index (χ0v) is 15.5. The number of hydrogen-bond acceptors (Lipinski definition) is 7. The maximum Gasteiger partial charge on any atom is 0.283 e. The van der Waals surface area contributed by atoms with Crippen LogP contribution in [-0.2, 0) is 4.79 Å². The number of nitrogens with two attached hydrogens (primary N) is 1. The van der Waals surface area contributed by atoms with E-state index in [1.807, 2.05) is 0 Å². The summed E-state index contributed by atoms with van der Waals surface area (Å²) in [5, 5.41) is 13.9. The number of rotatable bonds is 6. The quantitative estimate of drug-likeness (QED) is 0.430. The standard InChI is InChI=1S/C18H17N3O6S/c19-18(23)11-2-5-16(13(8-11)21(24)25)28-10-17(22)20-12-3-4-14-15(9-12)27-7-1-6-26-14/h2-5,8-9H,1,6-7,10H2,(H2,19,23)(H,20,22). The number of carbonyl (C=O) groups excluding carboxylic acids is 2. The molecule has 28 heavy (non-hydrogen) atoms. The monoisotopic (exact) mass is 403 g/mol. The number of nitrogens with one attached hydrogen (secondary N) is 1. The Bertz CT molecular complexity index is 934. The van der Waals surface area contributed by atoms with Gasteiger partial charge >= 0.3 is 0 Å². The molecule has 1 aliphatic heterocycles. The van der Waals surface area contributed by atoms with Crippen LogP contribution in [-0.4, -0.2) is 35.7 Å². The number of primary amides is 1. The van der Waals surface area contributed by atoms with Gasteiger partial charge in [0, 0.05) is 29.8 Å². The van der Waals surface area contributed by atoms with Crippen LogP contribution in [0.3, 0.4) is 0 Å². The fourth-order valence-electron chi connectivity index (χ4n) is 2.52. The van der Waals surface area contributed by atoms with Crippen LogP contribution < -0.4 is 20.5 Å². The topological polar surface area (TPSA) is 134 Å². The van der Waals surface area contributed by atoms with Crippen molar-refractivity contribution in [1.82, 2.24) is 0 Å². The van der Waals surface area contributed by atoms with Crippen LogP contribution in [0.1, 0.15) is 16.8 Å². The van der Waals surface area contributed by atoms with Gasteiger partial charge < -0.3 is 20.5 Å². The highest BCUT2D eigenvalue weighted by atomic mass is 32.2. The molecule has 2 aromatic carbocycles. The van der Waals surface area contributed by atoms with Crippen molar-refractivity contribution in [2.45, 2.75) is 11.3 Å². The van der Waals surface area contributed by atoms with Crippen molar-refractivity contribution in [3.05, 3.63) is 52.1 Å². The molecule has 2 amide bonds. The molecule has 10 heteroatoms. The number of benzene rings is 2. The number of thioether (sulfide) groups is 1. The summed E-state index contributed by atoms with van der Waals surface area (Å²) in [4.78, 5) is 34.3. The van der Waals surface area contributed by atoms with E-state index >= 15 is 0 Å². The third-order valence-corrected chi connectivity index (χ3v) is 4.89. The van der Waals surface area contributed by atoms with Gasteiger partial charge in [-0.15, -0.1) is 11.8 Å². The SMILES string of the molecule is NC(=O)c1ccc(SCC(=O)Nc2ccc3c(c2)OCCCO3)c([N+](=O)[O-])c1. The minimum absolute atomic E-state index is 0.0349. The molecule has 2 aromatic rings. The van der Waals surface area contributed by atoms with Gasteiger partial charge in [-0.3, -0.25) is 19.7 Å². The minimum Gasteiger partial charge on any atom is -0.490 e. The summed E-state index contributed by atoms with van der Waals surface area (Å²) in [6, 6.07) is 8.99. The summed E-state index contributed by atoms with van der Waals surface area (Å²) in [5.41, 5.74) is 5.44. The fourth-order valence-corrected chi connectivity index (χ4v) is 3.32. The van der Waals surface area contributed by atoms with Gasteiger partial charge in [0.05, 0.1) is 28.8 Å². The van der Waals surface area contributed by atoms with E-state index in [9.17, 15) is 19.7 Å². The number of hydrogen-bond donors (Lipinski definition) is 2. The molecular weight excluding hydrogens is 386 g/mol. The molecule has 146 valence electrons. The Morgan fingerprint density at radius 1 is 1.14 bits per heavy atom. The first kappa shape index (κ1) is 19.5. The summed E-state index contributed by atoms with van der Waals surface area (Å²) < 4.78 is 11.1. The van der Waals surface area contributed by atoms with E-state index in [0.717, 1.165) is 24.2 Å². The third kappa shape index (κ3) is 4.71. The molecule has 1 aliphatic rings. The van der Waals surface area contributed by atoms with Gasteiger partial charge in [0.15, 0.2) is 11.5 Å². The maximum absolute atomic E-state index is 12.2. The van der Waals surface area contributed by atoms with Crippen LogP contribution in [0.4, 0.5) is 11.4 Å². The average Bonchev–Trinajstić information content (AvgIpc) is 2.91. The van der Waals surface area contributed by atoms with Crippen molar-refractivity contribution < 1.29 is 24.0 Å². The molecule has 0 unspecified atom stereocenters. The number of fused-ring (bicyclic) bond motifs is 1. The molecular formula is C18H17N3O6S. The number of nitro groups is 1. The predicted octanol–water partition coefficient (Wildman–Crippen LogP) is 2.59. The van der Waals surface area contributed by atoms with Crippen molar-refractivity contribution in [3.8, 4) is 11.5 Å². The Morgan fingerprint density at radius 3 is 2.61 bits per heavy atom. The predicted molar refractivity (Wildman–Crippen MR) is 103 cm³/mol. The van der Waals surface area contributed by atoms with Crippen LogP contribution in [0.2, 0.25) is 0 Å². The molecule has 1 heterocycles. The Kier molecular flexibility index (Phi) is 5.99. The van der Waals surface area contributed by atoms with Gasteiger partial charge in [-0.1, -0.05) is 0 Å². The van der Waals surface area contributed by atoms with Gasteiger partial charge in [0.2, 0.25) is 11.8 Å². The summed E-state index contributed by atoms with van der Waals surface area (Å²) in [7, 11) is 0. The van der Waals surface area contributed by atoms with Crippen molar-refractivity contribution >= 4 is 35.0 Å². The lowest BCUT2D eigenvalue weighted by Gasteiger charge is -2.10. The molecule has 0 aromatic heterocycles. The van der Waals surface area contributed by atoms with E-state index in [2.05, 4.69) is 5.32 Å². The van der Waals surface area contributed by atoms with E-state index in [4.69, 9.17) is 15.2 Å². The smallest absolute Gasteiger partial charge is 0.283 e. The Balaban J connectivity index is 1.65. The summed E-state index contributed by atoms with van der Waals surface area (Å²) in [5.74, 6) is 0.0285. The average molecular weight is 403 g/mol. The highest BCUT2D eigenvalue weighted by Crippen LogP contribution is 2.33. The second-order valence-electron chi connectivity index (χ2n) is 5.85. The Hall–Kier alpha value is -3.27. The third-order valence-electron chi connectivity index (χ3n) is 3.83. The normalized spacial score (nSPS) is 12.7. The molecule has 0 fully saturated rings. The number of anilines is 1. The number of carbonyl (C=O) groups is 2. The largest absolute Gasteiger partial charge is 0.490 e. The number of nitro benzene ring substituents is 1. The summed E-state index contributed by atoms with van der Waals surface area (Å²) in [6.45, 7) is 1.11. The van der Waals surface area contributed by atoms with Gasteiger partial charge in [-0.25, -0.2) is 0 Å². The molecule has 0 spiro atoms. The summed E-state index contributed by atoms with van der Waals surface area (Å²) >= 11 is 0.993. The van der Waals surface area contributed by atoms with E-state index in [-0.39, 0.29) is 27.8 Å². The minimum atomic E-state index is -0.758. The van der Waals surface area contributed by atoms with Gasteiger partial charge in [-0.05, 0) is 24.3 Å². The van der Waals surface area contributed by atoms with Crippen LogP contribution >= 0.6 is 11.8 Å². The molecule has 0 radical (unpaired) electrons. The first-order valence-electron chi connectivity index (χ1n) is 8.34. The maximum atomic E-state index is 12.2. The zero-order valence-electron chi connectivity index (χ0n) is 14.7. The van der Waals surface area contributed by atoms with E-state index < -0.39 is 10.8 Å². The van der Waals surface area contributed by atoms with Crippen molar-refractivity contribution in [3.63, 3.8) is 0 Å². The van der Waals surface area contributed by atoms with E-state index in [1.54, 1.807) is 18.2 Å². The lowest BCUT2D eigenvalue weighted by Crippen LogP contribution is -2.14. The number of nitrogens with zero attached hydrogens (tertiary/aromatic N) is 1. The second-order valence-corrected chi connectivity index (χ2v) is 6.87. The van der Waals surface area contributed by atoms with E-state index in [1.165, 1.54) is 12.1 Å². The molecule has 0 saturated heterocycles. The van der Waals surface area contributed by atoms with Gasteiger partial charge in [0.25, 0.3) is 5.69 Å². The molecule has 0 saturated carbocycles. The van der Waals surface area contributed by atoms with E-state index in [0.29, 0.717) is 30.4 Å². The highest BCUT2D eigenvalue weighted by molar-refractivity contribution is 8.00. The molecule has 3 N–H and O–H groups in total. The molecule has 0 bridgehead atoms. The fraction of sp³-hybridized carbons (Fsp3) is 0.222. The molecule has 0 atom stereocenters. The van der Waals surface area contributed by atoms with Crippen LogP contribution in [0.5, 0.6) is 11.5 Å². The first-order chi connectivity index (χ1) is 13.4. The molecule has 0 aliphatic carbocycles.